The molecule has 0 fully saturated rings. The van der Waals surface area contributed by atoms with Crippen molar-refractivity contribution in [2.75, 3.05) is 33.2 Å². The summed E-state index contributed by atoms with van der Waals surface area (Å²) in [7, 11) is 0. The topological polar surface area (TPSA) is 278 Å². The molecule has 0 aliphatic carbocycles. The summed E-state index contributed by atoms with van der Waals surface area (Å²) in [5.74, 6) is -2.69. The molecule has 0 spiro atoms. The Morgan fingerprint density at radius 2 is 0.738 bits per heavy atom. The number of benzene rings is 3. The summed E-state index contributed by atoms with van der Waals surface area (Å²) in [6.45, 7) is 7.71. The van der Waals surface area contributed by atoms with E-state index in [9.17, 15) is 40.7 Å². The van der Waals surface area contributed by atoms with Crippen molar-refractivity contribution in [3.63, 3.8) is 0 Å². The molecular formula is C58H49F6N17O3. The molecular weight excluding hydrogens is 1100 g/mol. The van der Waals surface area contributed by atoms with Crippen molar-refractivity contribution in [1.82, 2.24) is 54.6 Å². The number of nitrogens with one attached hydrogen (secondary N) is 3. The van der Waals surface area contributed by atoms with Gasteiger partial charge in [-0.3, -0.25) is 20.9 Å². The fraction of sp³-hybridized carbons (Fsp3) is 0.155. The minimum atomic E-state index is -0.751. The van der Waals surface area contributed by atoms with Gasteiger partial charge < -0.3 is 31.9 Å². The zero-order valence-corrected chi connectivity index (χ0v) is 44.9. The highest BCUT2D eigenvalue weighted by Crippen LogP contribution is 2.32. The van der Waals surface area contributed by atoms with Gasteiger partial charge in [-0.1, -0.05) is 6.07 Å². The number of rotatable bonds is 6. The van der Waals surface area contributed by atoms with Crippen molar-refractivity contribution < 1.29 is 40.7 Å². The smallest absolute Gasteiger partial charge is 0.323 e. The Hall–Kier alpha value is -10.8. The van der Waals surface area contributed by atoms with Gasteiger partial charge in [-0.15, -0.1) is 0 Å². The van der Waals surface area contributed by atoms with E-state index in [0.717, 1.165) is 75.9 Å². The molecule has 0 unspecified atom stereocenters. The number of carbonyl (C=O) groups excluding carboxylic acids is 3. The summed E-state index contributed by atoms with van der Waals surface area (Å²) in [6, 6.07) is 21.3. The third-order valence-electron chi connectivity index (χ3n) is 13.4. The van der Waals surface area contributed by atoms with Crippen molar-refractivity contribution in [2.24, 2.45) is 0 Å². The van der Waals surface area contributed by atoms with E-state index in [1.54, 1.807) is 40.9 Å². The van der Waals surface area contributed by atoms with E-state index in [-0.39, 0.29) is 74.3 Å². The summed E-state index contributed by atoms with van der Waals surface area (Å²) < 4.78 is 81.5. The number of anilines is 6. The van der Waals surface area contributed by atoms with E-state index in [1.165, 1.54) is 54.6 Å². The molecule has 3 aliphatic heterocycles. The monoisotopic (exact) mass is 1150 g/mol. The van der Waals surface area contributed by atoms with Crippen LogP contribution in [0.5, 0.6) is 0 Å². The first kappa shape index (κ1) is 56.5. The van der Waals surface area contributed by atoms with Crippen LogP contribution in [0.4, 0.5) is 75.2 Å². The predicted octanol–water partition coefficient (Wildman–Crippen LogP) is 10.4. The normalized spacial score (nSPS) is 12.8. The number of nitrogens with two attached hydrogens (primary N) is 3. The summed E-state index contributed by atoms with van der Waals surface area (Å²) in [4.78, 5) is 76.7. The molecule has 26 heteroatoms. The Bertz CT molecular complexity index is 3670. The molecule has 6 amide bonds. The van der Waals surface area contributed by atoms with Crippen molar-refractivity contribution >= 4 is 52.6 Å². The summed E-state index contributed by atoms with van der Waals surface area (Å²) in [5, 5.41) is 7.97. The number of aromatic nitrogens is 8. The minimum Gasteiger partial charge on any atom is -0.396 e. The van der Waals surface area contributed by atoms with Crippen molar-refractivity contribution in [3.8, 4) is 33.8 Å². The van der Waals surface area contributed by atoms with Gasteiger partial charge in [0.05, 0.1) is 83.9 Å². The lowest BCUT2D eigenvalue weighted by molar-refractivity contribution is 0.211. The Morgan fingerprint density at radius 3 is 1.08 bits per heavy atom. The Labute approximate surface area is 474 Å². The van der Waals surface area contributed by atoms with Crippen LogP contribution >= 0.6 is 0 Å². The van der Waals surface area contributed by atoms with Crippen LogP contribution in [-0.2, 0) is 39.3 Å². The largest absolute Gasteiger partial charge is 0.396 e. The zero-order valence-electron chi connectivity index (χ0n) is 44.9. The van der Waals surface area contributed by atoms with Crippen LogP contribution < -0.4 is 33.2 Å². The molecule has 20 nitrogen and oxygen atoms in total. The number of urea groups is 3. The first-order valence-electron chi connectivity index (χ1n) is 25.6. The van der Waals surface area contributed by atoms with Crippen LogP contribution in [0.1, 0.15) is 51.1 Å². The SMILES string of the molecule is Cc1ccc2c(n1)CN(C(=O)Nc1nc(-c3ccc(F)cc3F)ccc1N)C2.Cc1ncc2c(n1)CN(C(=O)Nc1nc(-c3ccc(F)cc3F)ccc1N)C2.Cc1ncc2c(n1)CN(C(=O)Nc1nc(-c3ccc(F)cc3F)ccc1N)C2. The standard InChI is InChI=1S/C20H17F2N5O.2C19H16F2N6O/c1-11-2-3-12-9-27(10-18(12)24-11)20(28)26-19-16(23)6-7-17(25-19)14-5-4-13(21)8-15(14)22;2*1-10-23-7-11-8-27(9-17(11)24-10)19(28)26-18-15(22)4-5-16(25-18)13-3-2-12(20)6-14(13)21/h2-8H,9-10,23H2,1H3,(H,25,26,28);2*2-7H,8-9,22H2,1H3,(H,25,26,28). The average Bonchev–Trinajstić information content (AvgIpc) is 3.58. The van der Waals surface area contributed by atoms with Crippen molar-refractivity contribution in [3.05, 3.63) is 202 Å². The summed E-state index contributed by atoms with van der Waals surface area (Å²) >= 11 is 0. The van der Waals surface area contributed by atoms with Crippen molar-refractivity contribution in [1.29, 1.82) is 0 Å². The second-order valence-corrected chi connectivity index (χ2v) is 19.5. The molecule has 9 heterocycles. The number of amides is 6. The molecule has 6 aromatic heterocycles. The number of pyridine rings is 4. The van der Waals surface area contributed by atoms with E-state index in [1.807, 2.05) is 19.1 Å². The maximum atomic E-state index is 14.0. The molecule has 3 aliphatic rings. The van der Waals surface area contributed by atoms with Crippen molar-refractivity contribution in [2.45, 2.75) is 60.0 Å². The van der Waals surface area contributed by atoms with Crippen LogP contribution in [0.25, 0.3) is 33.8 Å². The van der Waals surface area contributed by atoms with E-state index >= 15 is 0 Å². The molecule has 0 atom stereocenters. The number of halogens is 6. The van der Waals surface area contributed by atoms with Gasteiger partial charge in [-0.25, -0.2) is 75.6 Å². The first-order valence-corrected chi connectivity index (χ1v) is 25.6. The molecule has 84 heavy (non-hydrogen) atoms. The number of nitrogens with zero attached hydrogens (tertiary/aromatic N) is 11. The third-order valence-corrected chi connectivity index (χ3v) is 13.4. The Balaban J connectivity index is 0.000000140. The van der Waals surface area contributed by atoms with E-state index in [2.05, 4.69) is 55.8 Å². The average molecular weight is 1150 g/mol. The Morgan fingerprint density at radius 1 is 0.405 bits per heavy atom. The lowest BCUT2D eigenvalue weighted by atomic mass is 10.1. The number of hydrogen-bond donors (Lipinski definition) is 6. The number of fused-ring (bicyclic) bond motifs is 3. The second kappa shape index (κ2) is 23.7. The lowest BCUT2D eigenvalue weighted by Crippen LogP contribution is -2.31. The van der Waals surface area contributed by atoms with Gasteiger partial charge >= 0.3 is 18.1 Å². The van der Waals surface area contributed by atoms with E-state index in [4.69, 9.17) is 17.2 Å². The molecule has 0 saturated carbocycles. The highest BCUT2D eigenvalue weighted by molar-refractivity contribution is 5.94. The van der Waals surface area contributed by atoms with Gasteiger partial charge in [-0.05, 0) is 105 Å². The minimum absolute atomic E-state index is 0.101. The van der Waals surface area contributed by atoms with Crippen LogP contribution in [-0.4, -0.2) is 72.7 Å². The molecule has 0 radical (unpaired) electrons. The molecule has 3 aromatic carbocycles. The van der Waals surface area contributed by atoms with Crippen LogP contribution in [0, 0.1) is 55.7 Å². The molecule has 9 aromatic rings. The molecule has 12 rings (SSSR count). The van der Waals surface area contributed by atoms with E-state index in [0.29, 0.717) is 50.9 Å². The van der Waals surface area contributed by atoms with Crippen LogP contribution in [0.3, 0.4) is 0 Å². The predicted molar refractivity (Wildman–Crippen MR) is 299 cm³/mol. The fourth-order valence-corrected chi connectivity index (χ4v) is 9.09. The third kappa shape index (κ3) is 12.7. The maximum Gasteiger partial charge on any atom is 0.323 e. The quantitative estimate of drug-likeness (QED) is 0.0845. The second-order valence-electron chi connectivity index (χ2n) is 19.5. The van der Waals surface area contributed by atoms with Gasteiger partial charge in [0.15, 0.2) is 17.5 Å². The summed E-state index contributed by atoms with van der Waals surface area (Å²) in [5.41, 5.74) is 25.6. The van der Waals surface area contributed by atoms with Gasteiger partial charge in [0.1, 0.15) is 46.6 Å². The van der Waals surface area contributed by atoms with Crippen LogP contribution in [0.2, 0.25) is 0 Å². The van der Waals surface area contributed by atoms with Gasteiger partial charge in [-0.2, -0.15) is 0 Å². The van der Waals surface area contributed by atoms with Gasteiger partial charge in [0.25, 0.3) is 0 Å². The number of carbonyl (C=O) groups is 3. The number of nitrogen functional groups attached to an aromatic ring is 3. The first-order chi connectivity index (χ1) is 40.2. The highest BCUT2D eigenvalue weighted by atomic mass is 19.2. The molecule has 0 bridgehead atoms. The molecule has 426 valence electrons. The highest BCUT2D eigenvalue weighted by Gasteiger charge is 2.29. The maximum absolute atomic E-state index is 14.0. The molecule has 9 N–H and O–H groups in total. The van der Waals surface area contributed by atoms with Gasteiger partial charge in [0.2, 0.25) is 0 Å². The van der Waals surface area contributed by atoms with Gasteiger partial charge in [0, 0.05) is 70.6 Å². The van der Waals surface area contributed by atoms with Crippen LogP contribution in [0.15, 0.2) is 116 Å². The Kier molecular flexibility index (Phi) is 16.0. The molecule has 0 saturated heterocycles. The lowest BCUT2D eigenvalue weighted by Gasteiger charge is -2.17. The zero-order chi connectivity index (χ0) is 59.5. The number of aryl methyl sites for hydroxylation is 3. The fourth-order valence-electron chi connectivity index (χ4n) is 9.09. The van der Waals surface area contributed by atoms with E-state index < -0.39 is 47.0 Å². The summed E-state index contributed by atoms with van der Waals surface area (Å²) in [6.07, 6.45) is 3.41. The number of hydrogen-bond acceptors (Lipinski definition) is 14.